The third-order valence-electron chi connectivity index (χ3n) is 4.33. The van der Waals surface area contributed by atoms with E-state index in [1.165, 1.54) is 50.4 Å². The molecular formula is C17H26N2O2S. The van der Waals surface area contributed by atoms with Crippen LogP contribution in [0, 0.1) is 0 Å². The Balaban J connectivity index is 1.95. The Hall–Kier alpha value is -1.36. The number of carbonyl (C=O) groups is 2. The van der Waals surface area contributed by atoms with Crippen molar-refractivity contribution in [3.63, 3.8) is 0 Å². The fourth-order valence-corrected chi connectivity index (χ4v) is 3.89. The second-order valence-corrected chi connectivity index (χ2v) is 7.26. The molecule has 1 aliphatic rings. The largest absolute Gasteiger partial charge is 0.351 e. The van der Waals surface area contributed by atoms with Gasteiger partial charge in [-0.15, -0.1) is 11.3 Å². The monoisotopic (exact) mass is 322 g/mol. The first kappa shape index (κ1) is 17.0. The smallest absolute Gasteiger partial charge is 0.263 e. The second-order valence-electron chi connectivity index (χ2n) is 6.09. The van der Waals surface area contributed by atoms with Gasteiger partial charge in [0.2, 0.25) is 5.91 Å². The number of nitrogens with one attached hydrogen (secondary N) is 1. The van der Waals surface area contributed by atoms with E-state index < -0.39 is 0 Å². The van der Waals surface area contributed by atoms with E-state index >= 15 is 0 Å². The van der Waals surface area contributed by atoms with Gasteiger partial charge in [0.15, 0.2) is 0 Å². The third-order valence-corrected chi connectivity index (χ3v) is 5.40. The molecule has 0 unspecified atom stereocenters. The molecule has 0 spiro atoms. The summed E-state index contributed by atoms with van der Waals surface area (Å²) < 4.78 is 0. The lowest BCUT2D eigenvalue weighted by molar-refractivity contribution is -0.119. The molecule has 1 aromatic rings. The molecule has 122 valence electrons. The van der Waals surface area contributed by atoms with E-state index in [4.69, 9.17) is 0 Å². The summed E-state index contributed by atoms with van der Waals surface area (Å²) >= 11 is 1.48. The molecule has 1 N–H and O–H groups in total. The van der Waals surface area contributed by atoms with E-state index in [-0.39, 0.29) is 11.8 Å². The zero-order valence-corrected chi connectivity index (χ0v) is 14.4. The molecule has 0 saturated heterocycles. The molecular weight excluding hydrogens is 296 g/mol. The van der Waals surface area contributed by atoms with Gasteiger partial charge in [-0.1, -0.05) is 32.1 Å². The zero-order chi connectivity index (χ0) is 15.9. The van der Waals surface area contributed by atoms with Gasteiger partial charge in [-0.2, -0.15) is 0 Å². The van der Waals surface area contributed by atoms with Gasteiger partial charge in [0.05, 0.1) is 11.4 Å². The Bertz CT molecular complexity index is 505. The first-order valence-electron chi connectivity index (χ1n) is 8.18. The topological polar surface area (TPSA) is 49.4 Å². The van der Waals surface area contributed by atoms with Gasteiger partial charge < -0.3 is 10.2 Å². The fraction of sp³-hybridized carbons (Fsp3) is 0.647. The summed E-state index contributed by atoms with van der Waals surface area (Å²) in [7, 11) is 1.93. The summed E-state index contributed by atoms with van der Waals surface area (Å²) in [5, 5.41) is 2.77. The SMILES string of the molecule is CC(=O)NCc1ccc(C(=O)N(C)C2CCCCCCC2)s1. The van der Waals surface area contributed by atoms with Gasteiger partial charge in [-0.05, 0) is 25.0 Å². The summed E-state index contributed by atoms with van der Waals surface area (Å²) in [5.41, 5.74) is 0. The maximum Gasteiger partial charge on any atom is 0.263 e. The van der Waals surface area contributed by atoms with Crippen LogP contribution >= 0.6 is 11.3 Å². The minimum atomic E-state index is -0.0482. The number of hydrogen-bond donors (Lipinski definition) is 1. The van der Waals surface area contributed by atoms with Crippen LogP contribution < -0.4 is 5.32 Å². The predicted molar refractivity (Wildman–Crippen MR) is 90.0 cm³/mol. The van der Waals surface area contributed by atoms with Gasteiger partial charge in [0.25, 0.3) is 5.91 Å². The van der Waals surface area contributed by atoms with E-state index in [0.29, 0.717) is 12.6 Å². The van der Waals surface area contributed by atoms with Crippen molar-refractivity contribution in [2.24, 2.45) is 0 Å². The van der Waals surface area contributed by atoms with Crippen molar-refractivity contribution in [1.82, 2.24) is 10.2 Å². The van der Waals surface area contributed by atoms with Gasteiger partial charge in [0.1, 0.15) is 0 Å². The van der Waals surface area contributed by atoms with Gasteiger partial charge >= 0.3 is 0 Å². The summed E-state index contributed by atoms with van der Waals surface area (Å²) in [6.07, 6.45) is 8.60. The molecule has 1 saturated carbocycles. The first-order chi connectivity index (χ1) is 10.6. The van der Waals surface area contributed by atoms with Crippen molar-refractivity contribution < 1.29 is 9.59 Å². The highest BCUT2D eigenvalue weighted by atomic mass is 32.1. The summed E-state index contributed by atoms with van der Waals surface area (Å²) in [6, 6.07) is 4.18. The van der Waals surface area contributed by atoms with E-state index in [0.717, 1.165) is 22.6 Å². The molecule has 4 nitrogen and oxygen atoms in total. The minimum absolute atomic E-state index is 0.0482. The summed E-state index contributed by atoms with van der Waals surface area (Å²) in [6.45, 7) is 2.00. The van der Waals surface area contributed by atoms with Crippen LogP contribution in [0.1, 0.15) is 66.4 Å². The quantitative estimate of drug-likeness (QED) is 0.921. The molecule has 0 bridgehead atoms. The van der Waals surface area contributed by atoms with Crippen molar-refractivity contribution in [3.8, 4) is 0 Å². The van der Waals surface area contributed by atoms with Crippen LogP contribution in [0.2, 0.25) is 0 Å². The molecule has 0 atom stereocenters. The Kier molecular flexibility index (Phi) is 6.43. The number of carbonyl (C=O) groups excluding carboxylic acids is 2. The van der Waals surface area contributed by atoms with Crippen molar-refractivity contribution in [1.29, 1.82) is 0 Å². The fourth-order valence-electron chi connectivity index (χ4n) is 2.96. The molecule has 0 aliphatic heterocycles. The molecule has 2 amide bonds. The highest BCUT2D eigenvalue weighted by Gasteiger charge is 2.22. The molecule has 5 heteroatoms. The summed E-state index contributed by atoms with van der Waals surface area (Å²) in [5.74, 6) is 0.0672. The molecule has 0 radical (unpaired) electrons. The molecule has 22 heavy (non-hydrogen) atoms. The molecule has 2 rings (SSSR count). The highest BCUT2D eigenvalue weighted by molar-refractivity contribution is 7.14. The van der Waals surface area contributed by atoms with Crippen LogP contribution in [-0.2, 0) is 11.3 Å². The van der Waals surface area contributed by atoms with Crippen molar-refractivity contribution >= 4 is 23.2 Å². The number of amides is 2. The van der Waals surface area contributed by atoms with Crippen molar-refractivity contribution in [3.05, 3.63) is 21.9 Å². The second kappa shape index (κ2) is 8.32. The molecule has 0 aromatic carbocycles. The minimum Gasteiger partial charge on any atom is -0.351 e. The van der Waals surface area contributed by atoms with E-state index in [9.17, 15) is 9.59 Å². The number of nitrogens with zero attached hydrogens (tertiary/aromatic N) is 1. The predicted octanol–water partition coefficient (Wildman–Crippen LogP) is 3.57. The van der Waals surface area contributed by atoms with Crippen LogP contribution in [0.3, 0.4) is 0 Å². The summed E-state index contributed by atoms with van der Waals surface area (Å²) in [4.78, 5) is 27.3. The highest BCUT2D eigenvalue weighted by Crippen LogP contribution is 2.24. The van der Waals surface area contributed by atoms with E-state index in [1.807, 2.05) is 24.1 Å². The zero-order valence-electron chi connectivity index (χ0n) is 13.6. The number of rotatable bonds is 4. The molecule has 1 aromatic heterocycles. The average molecular weight is 322 g/mol. The lowest BCUT2D eigenvalue weighted by Gasteiger charge is -2.29. The normalized spacial score (nSPS) is 16.6. The molecule has 1 fully saturated rings. The van der Waals surface area contributed by atoms with Crippen LogP contribution in [0.5, 0.6) is 0 Å². The maximum absolute atomic E-state index is 12.6. The lowest BCUT2D eigenvalue weighted by atomic mass is 9.96. The Labute approximate surface area is 136 Å². The number of thiophene rings is 1. The van der Waals surface area contributed by atoms with E-state index in [1.54, 1.807) is 0 Å². The Morgan fingerprint density at radius 1 is 1.18 bits per heavy atom. The van der Waals surface area contributed by atoms with Crippen LogP contribution in [0.15, 0.2) is 12.1 Å². The maximum atomic E-state index is 12.6. The van der Waals surface area contributed by atoms with Crippen LogP contribution in [0.4, 0.5) is 0 Å². The Morgan fingerprint density at radius 3 is 2.45 bits per heavy atom. The first-order valence-corrected chi connectivity index (χ1v) is 9.00. The lowest BCUT2D eigenvalue weighted by Crippen LogP contribution is -2.37. The van der Waals surface area contributed by atoms with E-state index in [2.05, 4.69) is 5.32 Å². The van der Waals surface area contributed by atoms with Crippen molar-refractivity contribution in [2.75, 3.05) is 7.05 Å². The van der Waals surface area contributed by atoms with Gasteiger partial charge in [-0.3, -0.25) is 9.59 Å². The number of hydrogen-bond acceptors (Lipinski definition) is 3. The molecule has 1 heterocycles. The van der Waals surface area contributed by atoms with Crippen LogP contribution in [-0.4, -0.2) is 29.8 Å². The molecule has 1 aliphatic carbocycles. The third kappa shape index (κ3) is 4.83. The average Bonchev–Trinajstić information content (AvgIpc) is 2.92. The van der Waals surface area contributed by atoms with Gasteiger partial charge in [0, 0.05) is 24.9 Å². The van der Waals surface area contributed by atoms with Crippen molar-refractivity contribution in [2.45, 2.75) is 64.5 Å². The van der Waals surface area contributed by atoms with Gasteiger partial charge in [-0.25, -0.2) is 0 Å². The Morgan fingerprint density at radius 2 is 1.82 bits per heavy atom. The standard InChI is InChI=1S/C17H26N2O2S/c1-13(20)18-12-15-10-11-16(22-15)17(21)19(2)14-8-6-4-3-5-7-9-14/h10-11,14H,3-9,12H2,1-2H3,(H,18,20). The van der Waals surface area contributed by atoms with Crippen LogP contribution in [0.25, 0.3) is 0 Å².